The molecule has 0 unspecified atom stereocenters. The van der Waals surface area contributed by atoms with Crippen molar-refractivity contribution in [2.45, 2.75) is 12.8 Å². The van der Waals surface area contributed by atoms with Crippen molar-refractivity contribution in [2.24, 2.45) is 0 Å². The van der Waals surface area contributed by atoms with Gasteiger partial charge in [0, 0.05) is 10.0 Å². The molecule has 0 saturated carbocycles. The number of benzene rings is 1. The minimum atomic E-state index is -0.0566. The van der Waals surface area contributed by atoms with Crippen molar-refractivity contribution in [3.05, 3.63) is 33.8 Å². The van der Waals surface area contributed by atoms with Gasteiger partial charge in [0.25, 0.3) is 0 Å². The lowest BCUT2D eigenvalue weighted by molar-refractivity contribution is 0.189. The fourth-order valence-corrected chi connectivity index (χ4v) is 1.49. The third-order valence-corrected chi connectivity index (χ3v) is 2.19. The number of rotatable bonds is 3. The second-order valence-electron chi connectivity index (χ2n) is 2.54. The average Bonchev–Trinajstić information content (AvgIpc) is 2.03. The van der Waals surface area contributed by atoms with Gasteiger partial charge in [0.05, 0.1) is 6.61 Å². The Labute approximate surface area is 81.9 Å². The van der Waals surface area contributed by atoms with Crippen LogP contribution in [0.2, 0.25) is 10.0 Å². The van der Waals surface area contributed by atoms with E-state index >= 15 is 0 Å². The van der Waals surface area contributed by atoms with Crippen LogP contribution in [0.1, 0.15) is 12.0 Å². The summed E-state index contributed by atoms with van der Waals surface area (Å²) in [5, 5.41) is 11.5. The molecule has 1 rings (SSSR count). The predicted octanol–water partition coefficient (Wildman–Crippen LogP) is 3.36. The third kappa shape index (κ3) is 2.67. The van der Waals surface area contributed by atoms with Crippen LogP contribution in [-0.4, -0.2) is 6.61 Å². The topological polar surface area (TPSA) is 19.9 Å². The molecule has 3 heteroatoms. The molecule has 1 aromatic rings. The van der Waals surface area contributed by atoms with Gasteiger partial charge in [-0.3, -0.25) is 0 Å². The van der Waals surface area contributed by atoms with Crippen LogP contribution >= 0.6 is 23.2 Å². The van der Waals surface area contributed by atoms with Crippen molar-refractivity contribution in [1.29, 1.82) is 0 Å². The maximum Gasteiger partial charge on any atom is 0.0825 e. The maximum atomic E-state index is 10.2. The van der Waals surface area contributed by atoms with Crippen molar-refractivity contribution < 1.29 is 5.11 Å². The molecule has 1 nitrogen and oxygen atoms in total. The lowest BCUT2D eigenvalue weighted by atomic mass is 10.1. The molecule has 65 valence electrons. The smallest absolute Gasteiger partial charge is 0.0825 e. The van der Waals surface area contributed by atoms with Crippen molar-refractivity contribution in [2.75, 3.05) is 6.61 Å². The second-order valence-corrected chi connectivity index (χ2v) is 3.39. The minimum absolute atomic E-state index is 0.0566. The molecule has 0 bridgehead atoms. The van der Waals surface area contributed by atoms with Crippen LogP contribution in [-0.2, 0) is 11.5 Å². The summed E-state index contributed by atoms with van der Waals surface area (Å²) >= 11 is 11.6. The van der Waals surface area contributed by atoms with E-state index in [1.807, 2.05) is 6.07 Å². The Balaban J connectivity index is 2.72. The third-order valence-electron chi connectivity index (χ3n) is 1.61. The number of hydrogen-bond donors (Lipinski definition) is 0. The van der Waals surface area contributed by atoms with E-state index in [4.69, 9.17) is 23.2 Å². The normalized spacial score (nSPS) is 10.2. The molecule has 1 radical (unpaired) electrons. The van der Waals surface area contributed by atoms with Crippen molar-refractivity contribution in [3.63, 3.8) is 0 Å². The Morgan fingerprint density at radius 3 is 2.58 bits per heavy atom. The van der Waals surface area contributed by atoms with E-state index in [0.29, 0.717) is 16.5 Å². The van der Waals surface area contributed by atoms with E-state index in [9.17, 15) is 5.11 Å². The molecule has 0 N–H and O–H groups in total. The summed E-state index contributed by atoms with van der Waals surface area (Å²) in [6, 6.07) is 5.34. The monoisotopic (exact) mass is 203 g/mol. The first-order valence-corrected chi connectivity index (χ1v) is 4.51. The molecule has 0 heterocycles. The Kier molecular flexibility index (Phi) is 3.86. The molecular weight excluding hydrogens is 195 g/mol. The molecule has 0 aliphatic carbocycles. The first-order valence-electron chi connectivity index (χ1n) is 3.76. The van der Waals surface area contributed by atoms with Crippen molar-refractivity contribution in [3.8, 4) is 0 Å². The predicted molar refractivity (Wildman–Crippen MR) is 50.3 cm³/mol. The minimum Gasteiger partial charge on any atom is -0.237 e. The highest BCUT2D eigenvalue weighted by atomic mass is 35.5. The van der Waals surface area contributed by atoms with E-state index < -0.39 is 0 Å². The van der Waals surface area contributed by atoms with Gasteiger partial charge in [0.1, 0.15) is 0 Å². The van der Waals surface area contributed by atoms with Gasteiger partial charge in [-0.05, 0) is 30.5 Å². The Bertz CT molecular complexity index is 261. The zero-order valence-electron chi connectivity index (χ0n) is 6.52. The first-order chi connectivity index (χ1) is 5.74. The highest BCUT2D eigenvalue weighted by Crippen LogP contribution is 2.21. The number of aryl methyl sites for hydroxylation is 1. The fraction of sp³-hybridized carbons (Fsp3) is 0.333. The SMILES string of the molecule is [O]CCCc1ccc(Cl)cc1Cl. The van der Waals surface area contributed by atoms with E-state index in [1.165, 1.54) is 0 Å². The van der Waals surface area contributed by atoms with Crippen molar-refractivity contribution in [1.82, 2.24) is 0 Å². The Morgan fingerprint density at radius 2 is 2.00 bits per heavy atom. The van der Waals surface area contributed by atoms with Crippen molar-refractivity contribution >= 4 is 23.2 Å². The van der Waals surface area contributed by atoms with Gasteiger partial charge >= 0.3 is 0 Å². The molecule has 1 aromatic carbocycles. The highest BCUT2D eigenvalue weighted by Gasteiger charge is 2.00. The van der Waals surface area contributed by atoms with Gasteiger partial charge in [-0.25, -0.2) is 5.11 Å². The second kappa shape index (κ2) is 4.70. The maximum absolute atomic E-state index is 10.2. The summed E-state index contributed by atoms with van der Waals surface area (Å²) in [4.78, 5) is 0. The van der Waals surface area contributed by atoms with Gasteiger partial charge < -0.3 is 0 Å². The standard InChI is InChI=1S/C9H9Cl2O/c10-8-4-3-7(2-1-5-12)9(11)6-8/h3-4,6H,1-2,5H2. The van der Waals surface area contributed by atoms with Crippen LogP contribution in [0.15, 0.2) is 18.2 Å². The van der Waals surface area contributed by atoms with Gasteiger partial charge in [-0.15, -0.1) is 0 Å². The summed E-state index contributed by atoms with van der Waals surface area (Å²) < 4.78 is 0. The van der Waals surface area contributed by atoms with Crippen LogP contribution < -0.4 is 0 Å². The average molecular weight is 204 g/mol. The molecule has 0 atom stereocenters. The number of hydrogen-bond acceptors (Lipinski definition) is 0. The summed E-state index contributed by atoms with van der Waals surface area (Å²) in [6.45, 7) is -0.0566. The zero-order valence-corrected chi connectivity index (χ0v) is 8.03. The lowest BCUT2D eigenvalue weighted by Crippen LogP contribution is -1.89. The van der Waals surface area contributed by atoms with Gasteiger partial charge in [-0.2, -0.15) is 0 Å². The van der Waals surface area contributed by atoms with E-state index in [-0.39, 0.29) is 6.61 Å². The van der Waals surface area contributed by atoms with Crippen LogP contribution in [0.25, 0.3) is 0 Å². The summed E-state index contributed by atoms with van der Waals surface area (Å²) in [7, 11) is 0. The molecule has 0 spiro atoms. The van der Waals surface area contributed by atoms with Crippen LogP contribution in [0, 0.1) is 0 Å². The van der Waals surface area contributed by atoms with E-state index in [1.54, 1.807) is 12.1 Å². The fourth-order valence-electron chi connectivity index (χ4n) is 0.987. The summed E-state index contributed by atoms with van der Waals surface area (Å²) in [6.07, 6.45) is 1.36. The van der Waals surface area contributed by atoms with Gasteiger partial charge in [-0.1, -0.05) is 29.3 Å². The van der Waals surface area contributed by atoms with Crippen LogP contribution in [0.3, 0.4) is 0 Å². The summed E-state index contributed by atoms with van der Waals surface area (Å²) in [5.41, 5.74) is 0.997. The van der Waals surface area contributed by atoms with E-state index in [0.717, 1.165) is 12.0 Å². The number of halogens is 2. The van der Waals surface area contributed by atoms with Crippen LogP contribution in [0.4, 0.5) is 0 Å². The molecule has 0 amide bonds. The molecule has 0 aliphatic heterocycles. The molecule has 12 heavy (non-hydrogen) atoms. The van der Waals surface area contributed by atoms with Gasteiger partial charge in [0.2, 0.25) is 0 Å². The van der Waals surface area contributed by atoms with Gasteiger partial charge in [0.15, 0.2) is 0 Å². The zero-order chi connectivity index (χ0) is 8.97. The quantitative estimate of drug-likeness (QED) is 0.719. The first kappa shape index (κ1) is 9.85. The lowest BCUT2D eigenvalue weighted by Gasteiger charge is -2.01. The molecule has 0 saturated heterocycles. The molecule has 0 fully saturated rings. The summed E-state index contributed by atoms with van der Waals surface area (Å²) in [5.74, 6) is 0. The molecule has 0 aliphatic rings. The van der Waals surface area contributed by atoms with E-state index in [2.05, 4.69) is 0 Å². The molecule has 0 aromatic heterocycles. The largest absolute Gasteiger partial charge is 0.237 e. The molecular formula is C9H9Cl2O. The van der Waals surface area contributed by atoms with Crippen LogP contribution in [0.5, 0.6) is 0 Å². The Morgan fingerprint density at radius 1 is 1.25 bits per heavy atom. The Hall–Kier alpha value is -0.240. The highest BCUT2D eigenvalue weighted by molar-refractivity contribution is 6.35.